The van der Waals surface area contributed by atoms with Crippen LogP contribution in [0.5, 0.6) is 5.88 Å². The van der Waals surface area contributed by atoms with Crippen molar-refractivity contribution >= 4 is 12.6 Å². The first-order valence-electron chi connectivity index (χ1n) is 3.18. The Morgan fingerprint density at radius 3 is 3.30 bits per heavy atom. The van der Waals surface area contributed by atoms with E-state index in [1.807, 2.05) is 4.57 Å². The number of thiol groups is 1. The van der Waals surface area contributed by atoms with Crippen LogP contribution in [0.4, 0.5) is 0 Å². The summed E-state index contributed by atoms with van der Waals surface area (Å²) < 4.78 is 1.94. The Bertz CT molecular complexity index is 258. The lowest BCUT2D eigenvalue weighted by atomic mass is 10.3. The van der Waals surface area contributed by atoms with Crippen LogP contribution in [0.2, 0.25) is 0 Å². The zero-order chi connectivity index (χ0) is 7.14. The average Bonchev–Trinajstić information content (AvgIpc) is 2.35. The second kappa shape index (κ2) is 1.92. The molecule has 2 heterocycles. The number of nitrogens with zero attached hydrogens (tertiary/aromatic N) is 2. The van der Waals surface area contributed by atoms with Gasteiger partial charge in [0.25, 0.3) is 0 Å². The van der Waals surface area contributed by atoms with Crippen molar-refractivity contribution in [1.29, 1.82) is 0 Å². The summed E-state index contributed by atoms with van der Waals surface area (Å²) in [6.45, 7) is 0.867. The molecule has 0 bridgehead atoms. The summed E-state index contributed by atoms with van der Waals surface area (Å²) in [7, 11) is 0. The largest absolute Gasteiger partial charge is 0.492 e. The number of fused-ring (bicyclic) bond motifs is 1. The molecule has 1 aliphatic rings. The van der Waals surface area contributed by atoms with Gasteiger partial charge in [-0.15, -0.1) is 0 Å². The lowest BCUT2D eigenvalue weighted by molar-refractivity contribution is 0.450. The van der Waals surface area contributed by atoms with Crippen LogP contribution in [0, 0.1) is 0 Å². The molecule has 3 nitrogen and oxygen atoms in total. The fraction of sp³-hybridized carbons (Fsp3) is 0.500. The van der Waals surface area contributed by atoms with Crippen LogP contribution in [0.3, 0.4) is 0 Å². The number of imidazole rings is 1. The van der Waals surface area contributed by atoms with Crippen LogP contribution < -0.4 is 0 Å². The lowest BCUT2D eigenvalue weighted by Crippen LogP contribution is -1.98. The maximum absolute atomic E-state index is 9.12. The van der Waals surface area contributed by atoms with Gasteiger partial charge in [-0.3, -0.25) is 0 Å². The minimum atomic E-state index is 0.163. The lowest BCUT2D eigenvalue weighted by Gasteiger charge is -1.94. The van der Waals surface area contributed by atoms with Crippen LogP contribution in [0.15, 0.2) is 6.33 Å². The van der Waals surface area contributed by atoms with Crippen molar-refractivity contribution in [3.63, 3.8) is 0 Å². The van der Waals surface area contributed by atoms with Crippen LogP contribution in [-0.2, 0) is 13.0 Å². The predicted molar refractivity (Wildman–Crippen MR) is 40.4 cm³/mol. The number of hydrogen-bond donors (Lipinski definition) is 2. The van der Waals surface area contributed by atoms with Crippen LogP contribution in [-0.4, -0.2) is 19.9 Å². The minimum Gasteiger partial charge on any atom is -0.492 e. The van der Waals surface area contributed by atoms with Crippen LogP contribution in [0.1, 0.15) is 5.69 Å². The molecule has 0 fully saturated rings. The molecule has 2 rings (SSSR count). The topological polar surface area (TPSA) is 38.1 Å². The summed E-state index contributed by atoms with van der Waals surface area (Å²) in [6.07, 6.45) is 2.48. The Morgan fingerprint density at radius 2 is 2.60 bits per heavy atom. The van der Waals surface area contributed by atoms with Gasteiger partial charge in [0.15, 0.2) is 0 Å². The predicted octanol–water partition coefficient (Wildman–Crippen LogP) is 0.443. The third kappa shape index (κ3) is 0.718. The Hall–Kier alpha value is -0.640. The first-order chi connectivity index (χ1) is 4.77. The highest BCUT2D eigenvalue weighted by atomic mass is 32.1. The standard InChI is InChI=1S/C6H8N2OS/c9-6-5-1-4(10)2-8(5)3-7-6/h3-4,9-10H,1-2H2/t4-/m1/s1. The smallest absolute Gasteiger partial charge is 0.232 e. The molecular formula is C6H8N2OS. The number of aromatic hydroxyl groups is 1. The van der Waals surface area contributed by atoms with Crippen molar-refractivity contribution < 1.29 is 5.11 Å². The van der Waals surface area contributed by atoms with E-state index in [4.69, 9.17) is 5.11 Å². The fourth-order valence-electron chi connectivity index (χ4n) is 1.28. The van der Waals surface area contributed by atoms with Crippen molar-refractivity contribution in [2.75, 3.05) is 0 Å². The average molecular weight is 156 g/mol. The number of hydrogen-bond acceptors (Lipinski definition) is 3. The van der Waals surface area contributed by atoms with Gasteiger partial charge in [-0.05, 0) is 0 Å². The Kier molecular flexibility index (Phi) is 1.17. The maximum Gasteiger partial charge on any atom is 0.232 e. The molecule has 0 spiro atoms. The second-order valence-corrected chi connectivity index (χ2v) is 3.26. The van der Waals surface area contributed by atoms with Gasteiger partial charge < -0.3 is 9.67 Å². The maximum atomic E-state index is 9.12. The van der Waals surface area contributed by atoms with Crippen molar-refractivity contribution in [1.82, 2.24) is 9.55 Å². The molecule has 0 aromatic carbocycles. The van der Waals surface area contributed by atoms with Crippen molar-refractivity contribution in [3.05, 3.63) is 12.0 Å². The zero-order valence-corrected chi connectivity index (χ0v) is 6.25. The molecule has 0 amide bonds. The third-order valence-corrected chi connectivity index (χ3v) is 2.11. The molecule has 0 aliphatic carbocycles. The number of rotatable bonds is 0. The SMILES string of the molecule is Oc1ncn2c1C[C@@H](S)C2. The van der Waals surface area contributed by atoms with E-state index in [1.54, 1.807) is 6.33 Å². The molecule has 54 valence electrons. The van der Waals surface area contributed by atoms with Gasteiger partial charge in [0.1, 0.15) is 0 Å². The minimum absolute atomic E-state index is 0.163. The Balaban J connectivity index is 2.44. The summed E-state index contributed by atoms with van der Waals surface area (Å²) in [5.41, 5.74) is 0.917. The van der Waals surface area contributed by atoms with E-state index < -0.39 is 0 Å². The van der Waals surface area contributed by atoms with Crippen molar-refractivity contribution in [2.24, 2.45) is 0 Å². The normalized spacial score (nSPS) is 23.1. The van der Waals surface area contributed by atoms with Crippen LogP contribution in [0.25, 0.3) is 0 Å². The molecule has 10 heavy (non-hydrogen) atoms. The van der Waals surface area contributed by atoms with E-state index in [0.717, 1.165) is 18.7 Å². The molecule has 0 radical (unpaired) electrons. The molecule has 4 heteroatoms. The monoisotopic (exact) mass is 156 g/mol. The molecule has 1 atom stereocenters. The van der Waals surface area contributed by atoms with Crippen LogP contribution >= 0.6 is 12.6 Å². The molecular weight excluding hydrogens is 148 g/mol. The summed E-state index contributed by atoms with van der Waals surface area (Å²) >= 11 is 4.29. The first kappa shape index (κ1) is 6.09. The summed E-state index contributed by atoms with van der Waals surface area (Å²) in [5, 5.41) is 9.47. The van der Waals surface area contributed by atoms with Gasteiger partial charge in [-0.2, -0.15) is 12.6 Å². The highest BCUT2D eigenvalue weighted by Crippen LogP contribution is 2.25. The first-order valence-corrected chi connectivity index (χ1v) is 3.70. The van der Waals surface area contributed by atoms with Gasteiger partial charge in [-0.25, -0.2) is 4.98 Å². The van der Waals surface area contributed by atoms with Gasteiger partial charge in [0.2, 0.25) is 5.88 Å². The van der Waals surface area contributed by atoms with E-state index in [2.05, 4.69) is 17.6 Å². The molecule has 1 aliphatic heterocycles. The Morgan fingerprint density at radius 1 is 1.80 bits per heavy atom. The van der Waals surface area contributed by atoms with E-state index in [1.165, 1.54) is 0 Å². The van der Waals surface area contributed by atoms with E-state index in [-0.39, 0.29) is 5.88 Å². The molecule has 0 unspecified atom stereocenters. The van der Waals surface area contributed by atoms with E-state index in [9.17, 15) is 0 Å². The van der Waals surface area contributed by atoms with E-state index >= 15 is 0 Å². The van der Waals surface area contributed by atoms with E-state index in [0.29, 0.717) is 5.25 Å². The molecule has 0 saturated heterocycles. The second-order valence-electron chi connectivity index (χ2n) is 2.53. The molecule has 1 aromatic rings. The van der Waals surface area contributed by atoms with Crippen molar-refractivity contribution in [3.8, 4) is 5.88 Å². The van der Waals surface area contributed by atoms with Gasteiger partial charge in [0, 0.05) is 18.2 Å². The highest BCUT2D eigenvalue weighted by Gasteiger charge is 2.21. The summed E-state index contributed by atoms with van der Waals surface area (Å²) in [5.74, 6) is 0.163. The summed E-state index contributed by atoms with van der Waals surface area (Å²) in [6, 6.07) is 0. The number of aromatic nitrogens is 2. The Labute approximate surface area is 64.1 Å². The van der Waals surface area contributed by atoms with Gasteiger partial charge in [0.05, 0.1) is 12.0 Å². The molecule has 1 N–H and O–H groups in total. The highest BCUT2D eigenvalue weighted by molar-refractivity contribution is 7.80. The summed E-state index contributed by atoms with van der Waals surface area (Å²) in [4.78, 5) is 3.76. The fourth-order valence-corrected chi connectivity index (χ4v) is 1.63. The zero-order valence-electron chi connectivity index (χ0n) is 5.36. The van der Waals surface area contributed by atoms with Gasteiger partial charge in [-0.1, -0.05) is 0 Å². The van der Waals surface area contributed by atoms with Gasteiger partial charge >= 0.3 is 0 Å². The third-order valence-electron chi connectivity index (χ3n) is 1.76. The molecule has 1 aromatic heterocycles. The van der Waals surface area contributed by atoms with Crippen molar-refractivity contribution in [2.45, 2.75) is 18.2 Å². The quantitative estimate of drug-likeness (QED) is 0.535. The molecule has 0 saturated carbocycles.